The number of hydrogen-bond donors (Lipinski definition) is 0. The van der Waals surface area contributed by atoms with Crippen molar-refractivity contribution in [3.8, 4) is 50.2 Å². The lowest BCUT2D eigenvalue weighted by molar-refractivity contribution is 0.660. The Bertz CT molecular complexity index is 3600. The van der Waals surface area contributed by atoms with Crippen molar-refractivity contribution in [2.75, 3.05) is 0 Å². The number of aromatic nitrogens is 1. The third-order valence-corrected chi connectivity index (χ3v) is 15.3. The monoisotopic (exact) mass is 825 g/mol. The molecular weight excluding hydrogens is 779 g/mol. The van der Waals surface area contributed by atoms with Gasteiger partial charge in [0.2, 0.25) is 0 Å². The number of aryl methyl sites for hydroxylation is 1. The van der Waals surface area contributed by atoms with Crippen molar-refractivity contribution in [3.05, 3.63) is 222 Å². The molecule has 12 rings (SSSR count). The van der Waals surface area contributed by atoms with Gasteiger partial charge in [-0.05, 0) is 146 Å². The summed E-state index contributed by atoms with van der Waals surface area (Å²) in [5.41, 5.74) is 20.8. The minimum atomic E-state index is -0.0666. The fourth-order valence-corrected chi connectivity index (χ4v) is 12.1. The van der Waals surface area contributed by atoms with Gasteiger partial charge in [-0.2, -0.15) is 0 Å². The quantitative estimate of drug-likeness (QED) is 0.151. The van der Waals surface area contributed by atoms with E-state index in [-0.39, 0.29) is 11.3 Å². The molecule has 0 aliphatic heterocycles. The number of benzene rings is 9. The molecule has 1 unspecified atom stereocenters. The highest BCUT2D eigenvalue weighted by molar-refractivity contribution is 7.26. The lowest BCUT2D eigenvalue weighted by atomic mass is 9.80. The highest BCUT2D eigenvalue weighted by Gasteiger charge is 2.35. The Labute approximate surface area is 373 Å². The van der Waals surface area contributed by atoms with E-state index in [9.17, 15) is 0 Å². The second-order valence-corrected chi connectivity index (χ2v) is 19.0. The summed E-state index contributed by atoms with van der Waals surface area (Å²) in [6.45, 7) is 9.40. The standard InChI is InChI=1S/C61H47NS/c1-5-44(42-35-52(60-54(36-42)50-23-13-16-26-59(50)63-60)41-29-31-48-47-21-11-14-24-55(47)61(3,4)56(48)37-41)45-19-9-10-20-46(45)51-33-39(28-27-38(51)2)40-30-32-58-53(34-40)49-22-12-15-25-57(49)62(58)43-17-7-6-8-18-43/h6-37,44H,5H2,1-4H3. The first-order valence-corrected chi connectivity index (χ1v) is 23.2. The van der Waals surface area contributed by atoms with Crippen LogP contribution in [0.5, 0.6) is 0 Å². The maximum Gasteiger partial charge on any atom is 0.0541 e. The van der Waals surface area contributed by atoms with Crippen molar-refractivity contribution >= 4 is 53.3 Å². The van der Waals surface area contributed by atoms with Gasteiger partial charge in [-0.15, -0.1) is 11.3 Å². The molecule has 0 N–H and O–H groups in total. The van der Waals surface area contributed by atoms with Gasteiger partial charge in [0, 0.05) is 48.0 Å². The van der Waals surface area contributed by atoms with Crippen molar-refractivity contribution < 1.29 is 0 Å². The van der Waals surface area contributed by atoms with Crippen molar-refractivity contribution in [3.63, 3.8) is 0 Å². The third-order valence-electron chi connectivity index (χ3n) is 14.1. The molecule has 11 aromatic rings. The first kappa shape index (κ1) is 37.7. The highest BCUT2D eigenvalue weighted by Crippen LogP contribution is 2.51. The SMILES string of the molecule is CCC(c1cc(-c2ccc3c(c2)C(C)(C)c2ccccc2-3)c2sc3ccccc3c2c1)c1ccccc1-c1cc(-c2ccc3c(c2)c2ccccc2n3-c2ccccc2)ccc1C. The van der Waals surface area contributed by atoms with Crippen molar-refractivity contribution in [2.45, 2.75) is 45.4 Å². The number of hydrogen-bond acceptors (Lipinski definition) is 1. The number of para-hydroxylation sites is 2. The molecule has 2 heteroatoms. The average Bonchev–Trinajstić information content (AvgIpc) is 3.95. The minimum absolute atomic E-state index is 0.0666. The summed E-state index contributed by atoms with van der Waals surface area (Å²) in [7, 11) is 0. The summed E-state index contributed by atoms with van der Waals surface area (Å²) in [5, 5.41) is 5.23. The van der Waals surface area contributed by atoms with Crippen LogP contribution in [0.25, 0.3) is 92.2 Å². The fraction of sp³-hybridized carbons (Fsp3) is 0.115. The molecule has 0 saturated heterocycles. The van der Waals surface area contributed by atoms with E-state index in [0.29, 0.717) is 0 Å². The van der Waals surface area contributed by atoms with Gasteiger partial charge in [0.25, 0.3) is 0 Å². The van der Waals surface area contributed by atoms with Gasteiger partial charge in [0.1, 0.15) is 0 Å². The summed E-state index contributed by atoms with van der Waals surface area (Å²) >= 11 is 1.93. The van der Waals surface area contributed by atoms with Crippen LogP contribution in [0.2, 0.25) is 0 Å². The van der Waals surface area contributed by atoms with Crippen LogP contribution in [0.1, 0.15) is 60.9 Å². The average molecular weight is 826 g/mol. The van der Waals surface area contributed by atoms with Gasteiger partial charge in [-0.1, -0.05) is 154 Å². The molecule has 2 heterocycles. The predicted octanol–water partition coefficient (Wildman–Crippen LogP) is 17.3. The van der Waals surface area contributed by atoms with Gasteiger partial charge >= 0.3 is 0 Å². The maximum absolute atomic E-state index is 2.53. The number of thiophene rings is 1. The molecule has 2 aromatic heterocycles. The fourth-order valence-electron chi connectivity index (χ4n) is 10.9. The predicted molar refractivity (Wildman–Crippen MR) is 271 cm³/mol. The van der Waals surface area contributed by atoms with Gasteiger partial charge in [-0.25, -0.2) is 0 Å². The number of nitrogens with zero attached hydrogens (tertiary/aromatic N) is 1. The van der Waals surface area contributed by atoms with Crippen LogP contribution in [0.4, 0.5) is 0 Å². The number of rotatable bonds is 7. The van der Waals surface area contributed by atoms with E-state index < -0.39 is 0 Å². The second kappa shape index (κ2) is 14.5. The Morgan fingerprint density at radius 3 is 2.00 bits per heavy atom. The zero-order chi connectivity index (χ0) is 42.4. The summed E-state index contributed by atoms with van der Waals surface area (Å²) in [4.78, 5) is 0. The Balaban J connectivity index is 0.994. The second-order valence-electron chi connectivity index (χ2n) is 18.0. The molecule has 1 nitrogen and oxygen atoms in total. The zero-order valence-corrected chi connectivity index (χ0v) is 36.9. The van der Waals surface area contributed by atoms with E-state index >= 15 is 0 Å². The van der Waals surface area contributed by atoms with Gasteiger partial charge in [-0.3, -0.25) is 0 Å². The molecule has 1 aliphatic carbocycles. The van der Waals surface area contributed by atoms with Crippen LogP contribution in [-0.4, -0.2) is 4.57 Å². The molecule has 0 saturated carbocycles. The van der Waals surface area contributed by atoms with Crippen molar-refractivity contribution in [2.24, 2.45) is 0 Å². The Morgan fingerprint density at radius 1 is 0.476 bits per heavy atom. The van der Waals surface area contributed by atoms with Crippen LogP contribution in [-0.2, 0) is 5.41 Å². The van der Waals surface area contributed by atoms with Crippen LogP contribution in [0.3, 0.4) is 0 Å². The molecule has 1 aliphatic rings. The summed E-state index contributed by atoms with van der Waals surface area (Å²) in [6, 6.07) is 73.0. The number of fused-ring (bicyclic) bond motifs is 9. The Kier molecular flexibility index (Phi) is 8.71. The minimum Gasteiger partial charge on any atom is -0.309 e. The maximum atomic E-state index is 2.53. The first-order valence-electron chi connectivity index (χ1n) is 22.4. The molecule has 1 atom stereocenters. The Hall–Kier alpha value is -7.00. The molecule has 0 amide bonds. The first-order chi connectivity index (χ1) is 30.9. The molecule has 0 radical (unpaired) electrons. The summed E-state index contributed by atoms with van der Waals surface area (Å²) < 4.78 is 5.09. The van der Waals surface area contributed by atoms with Crippen LogP contribution < -0.4 is 0 Å². The van der Waals surface area contributed by atoms with Crippen LogP contribution in [0, 0.1) is 6.92 Å². The smallest absolute Gasteiger partial charge is 0.0541 e. The van der Waals surface area contributed by atoms with E-state index in [1.165, 1.54) is 120 Å². The largest absolute Gasteiger partial charge is 0.309 e. The molecule has 9 aromatic carbocycles. The molecule has 302 valence electrons. The van der Waals surface area contributed by atoms with Crippen molar-refractivity contribution in [1.29, 1.82) is 0 Å². The third kappa shape index (κ3) is 5.89. The molecule has 0 fully saturated rings. The Morgan fingerprint density at radius 2 is 1.14 bits per heavy atom. The molecule has 0 spiro atoms. The van der Waals surface area contributed by atoms with Gasteiger partial charge < -0.3 is 4.57 Å². The summed E-state index contributed by atoms with van der Waals surface area (Å²) in [6.07, 6.45) is 0.984. The highest BCUT2D eigenvalue weighted by atomic mass is 32.1. The zero-order valence-electron chi connectivity index (χ0n) is 36.1. The van der Waals surface area contributed by atoms with E-state index in [4.69, 9.17) is 0 Å². The van der Waals surface area contributed by atoms with Crippen molar-refractivity contribution in [1.82, 2.24) is 4.57 Å². The van der Waals surface area contributed by atoms with E-state index in [1.54, 1.807) is 0 Å². The molecule has 0 bridgehead atoms. The van der Waals surface area contributed by atoms with Crippen LogP contribution in [0.15, 0.2) is 194 Å². The molecular formula is C61H47NS. The van der Waals surface area contributed by atoms with E-state index in [0.717, 1.165) is 6.42 Å². The lowest BCUT2D eigenvalue weighted by Crippen LogP contribution is -2.14. The van der Waals surface area contributed by atoms with Gasteiger partial charge in [0.15, 0.2) is 0 Å². The van der Waals surface area contributed by atoms with Crippen LogP contribution >= 0.6 is 11.3 Å². The molecule has 63 heavy (non-hydrogen) atoms. The van der Waals surface area contributed by atoms with E-state index in [2.05, 4.69) is 226 Å². The van der Waals surface area contributed by atoms with Gasteiger partial charge in [0.05, 0.1) is 11.0 Å². The lowest BCUT2D eigenvalue weighted by Gasteiger charge is -2.23. The summed E-state index contributed by atoms with van der Waals surface area (Å²) in [5.74, 6) is 0.196. The normalized spacial score (nSPS) is 13.5. The topological polar surface area (TPSA) is 4.93 Å². The van der Waals surface area contributed by atoms with E-state index in [1.807, 2.05) is 11.3 Å².